The Morgan fingerprint density at radius 1 is 0.476 bits per heavy atom. The quantitative estimate of drug-likeness (QED) is 0.0652. The van der Waals surface area contributed by atoms with E-state index in [4.69, 9.17) is 0 Å². The molecule has 7 amide bonds. The van der Waals surface area contributed by atoms with E-state index in [-0.39, 0.29) is 23.2 Å². The molecule has 0 saturated heterocycles. The van der Waals surface area contributed by atoms with Gasteiger partial charge in [0, 0.05) is 75.3 Å². The van der Waals surface area contributed by atoms with Crippen LogP contribution in [0.15, 0.2) is 57.8 Å². The van der Waals surface area contributed by atoms with Gasteiger partial charge in [0.2, 0.25) is 0 Å². The van der Waals surface area contributed by atoms with Gasteiger partial charge in [-0.15, -0.1) is 0 Å². The number of carbonyl (C=O) groups is 4. The van der Waals surface area contributed by atoms with Crippen LogP contribution in [0.4, 0.5) is 43.1 Å². The van der Waals surface area contributed by atoms with Gasteiger partial charge in [-0.25, -0.2) is 58.5 Å². The first-order valence-corrected chi connectivity index (χ1v) is 32.3. The summed E-state index contributed by atoms with van der Waals surface area (Å²) in [4.78, 5) is 82.4. The Balaban J connectivity index is 0.789. The van der Waals surface area contributed by atoms with E-state index >= 15 is 0 Å². The van der Waals surface area contributed by atoms with Gasteiger partial charge in [-0.3, -0.25) is 4.79 Å². The lowest BCUT2D eigenvalue weighted by Gasteiger charge is -2.19. The molecule has 6 aromatic rings. The molecule has 0 spiro atoms. The molecule has 12 rings (SSSR count). The van der Waals surface area contributed by atoms with E-state index in [2.05, 4.69) is 76.7 Å². The number of aromatic nitrogens is 6. The molecule has 6 aliphatic rings. The van der Waals surface area contributed by atoms with Crippen molar-refractivity contribution in [1.29, 1.82) is 0 Å². The van der Waals surface area contributed by atoms with E-state index in [0.717, 1.165) is 119 Å². The number of aryl methyl sites for hydroxylation is 4. The molecule has 28 heteroatoms. The summed E-state index contributed by atoms with van der Waals surface area (Å²) in [6.07, 6.45) is 11.8. The van der Waals surface area contributed by atoms with Crippen LogP contribution in [-0.2, 0) is 94.3 Å². The lowest BCUT2D eigenvalue weighted by molar-refractivity contribution is 0.0957. The van der Waals surface area contributed by atoms with Gasteiger partial charge in [0.15, 0.2) is 15.1 Å². The predicted molar refractivity (Wildman–Crippen MR) is 309 cm³/mol. The van der Waals surface area contributed by atoms with Crippen LogP contribution in [0.1, 0.15) is 139 Å². The molecule has 0 saturated carbocycles. The minimum Gasteiger partial charge on any atom is -0.373 e. The van der Waals surface area contributed by atoms with Crippen molar-refractivity contribution in [2.24, 2.45) is 0 Å². The number of hydrogen-bond donors (Lipinski definition) is 8. The average Bonchev–Trinajstić information content (AvgIpc) is 2.46. The highest BCUT2D eigenvalue weighted by atomic mass is 32.2. The van der Waals surface area contributed by atoms with Gasteiger partial charge in [0.1, 0.15) is 35.3 Å². The fourth-order valence-corrected chi connectivity index (χ4v) is 15.6. The molecule has 3 aromatic heterocycles. The summed E-state index contributed by atoms with van der Waals surface area (Å²) in [5, 5.41) is 12.4. The third-order valence-corrected chi connectivity index (χ3v) is 20.4. The lowest BCUT2D eigenvalue weighted by Crippen LogP contribution is -2.36. The van der Waals surface area contributed by atoms with Gasteiger partial charge >= 0.3 is 18.1 Å². The SMILES string of the molecule is CNC(=O)c1cc(S(=O)(=O)NC(=O)Nc2c3c(cc4c2CCC4)CCC3)nc(C2CCc3c2cc2c(c3NC(=O)NS(=O)(=O)c3cc(NC)nc(C4CCc5c4cc4c(c5NC(=O)NS(=O)(=O)c5cc(N(C)C)ncn5)CCC4)n3)CCC2)n1. The largest absolute Gasteiger partial charge is 0.373 e. The highest BCUT2D eigenvalue weighted by Gasteiger charge is 2.38. The van der Waals surface area contributed by atoms with Crippen LogP contribution in [0.2, 0.25) is 0 Å². The number of urea groups is 3. The summed E-state index contributed by atoms with van der Waals surface area (Å²) < 4.78 is 90.0. The summed E-state index contributed by atoms with van der Waals surface area (Å²) >= 11 is 0. The van der Waals surface area contributed by atoms with E-state index in [1.807, 2.05) is 12.1 Å². The number of anilines is 5. The fourth-order valence-electron chi connectivity index (χ4n) is 13.0. The average molecular weight is 1200 g/mol. The second kappa shape index (κ2) is 21.7. The minimum absolute atomic E-state index is 0.00139. The molecule has 6 aliphatic carbocycles. The maximum atomic E-state index is 14.4. The summed E-state index contributed by atoms with van der Waals surface area (Å²) in [6.45, 7) is 0. The molecule has 25 nitrogen and oxygen atoms in total. The lowest BCUT2D eigenvalue weighted by atomic mass is 9.94. The Kier molecular flexibility index (Phi) is 14.5. The summed E-state index contributed by atoms with van der Waals surface area (Å²) in [5.41, 5.74) is 11.9. The van der Waals surface area contributed by atoms with Crippen molar-refractivity contribution in [3.63, 3.8) is 0 Å². The van der Waals surface area contributed by atoms with E-state index in [0.29, 0.717) is 85.4 Å². The minimum atomic E-state index is -4.71. The van der Waals surface area contributed by atoms with Gasteiger partial charge in [0.05, 0.1) is 0 Å². The molecule has 2 unspecified atom stereocenters. The smallest absolute Gasteiger partial charge is 0.333 e. The second-order valence-corrected chi connectivity index (χ2v) is 26.9. The predicted octanol–water partition coefficient (Wildman–Crippen LogP) is 5.17. The Morgan fingerprint density at radius 3 is 1.36 bits per heavy atom. The first kappa shape index (κ1) is 56.1. The summed E-state index contributed by atoms with van der Waals surface area (Å²) in [6, 6.07) is 6.65. The second-order valence-electron chi connectivity index (χ2n) is 22.1. The van der Waals surface area contributed by atoms with Crippen molar-refractivity contribution in [1.82, 2.24) is 49.4 Å². The molecule has 84 heavy (non-hydrogen) atoms. The van der Waals surface area contributed by atoms with Crippen molar-refractivity contribution < 1.29 is 44.4 Å². The normalized spacial score (nSPS) is 17.2. The Hall–Kier alpha value is -8.37. The van der Waals surface area contributed by atoms with Crippen LogP contribution in [0.3, 0.4) is 0 Å². The Labute approximate surface area is 485 Å². The number of nitrogens with zero attached hydrogens (tertiary/aromatic N) is 7. The van der Waals surface area contributed by atoms with Crippen molar-refractivity contribution in [2.45, 2.75) is 130 Å². The molecule has 3 aromatic carbocycles. The van der Waals surface area contributed by atoms with E-state index in [1.54, 1.807) is 26.0 Å². The number of benzene rings is 3. The third kappa shape index (κ3) is 10.5. The van der Waals surface area contributed by atoms with Crippen molar-refractivity contribution in [2.75, 3.05) is 54.4 Å². The number of rotatable bonds is 14. The van der Waals surface area contributed by atoms with E-state index in [1.165, 1.54) is 19.2 Å². The van der Waals surface area contributed by atoms with Crippen LogP contribution in [0.25, 0.3) is 0 Å². The molecule has 0 bridgehead atoms. The number of carbonyl (C=O) groups excluding carboxylic acids is 4. The number of hydrogen-bond acceptors (Lipinski definition) is 18. The van der Waals surface area contributed by atoms with Gasteiger partial charge in [-0.05, 0) is 169 Å². The maximum absolute atomic E-state index is 14.4. The van der Waals surface area contributed by atoms with E-state index < -0.39 is 81.0 Å². The highest BCUT2D eigenvalue weighted by Crippen LogP contribution is 2.47. The monoisotopic (exact) mass is 1200 g/mol. The van der Waals surface area contributed by atoms with Gasteiger partial charge in [-0.1, -0.05) is 18.2 Å². The fraction of sp³-hybridized carbons (Fsp3) is 0.393. The highest BCUT2D eigenvalue weighted by molar-refractivity contribution is 7.90. The number of fused-ring (bicyclic) bond motifs is 6. The zero-order valence-corrected chi connectivity index (χ0v) is 48.9. The third-order valence-electron chi connectivity index (χ3n) is 16.8. The summed E-state index contributed by atoms with van der Waals surface area (Å²) in [7, 11) is -7.49. The van der Waals surface area contributed by atoms with Crippen LogP contribution in [0, 0.1) is 0 Å². The van der Waals surface area contributed by atoms with Crippen LogP contribution in [-0.4, -0.2) is 107 Å². The summed E-state index contributed by atoms with van der Waals surface area (Å²) in [5.74, 6) is -1.30. The molecule has 438 valence electrons. The maximum Gasteiger partial charge on any atom is 0.333 e. The molecule has 0 radical (unpaired) electrons. The van der Waals surface area contributed by atoms with Crippen LogP contribution in [0.5, 0.6) is 0 Å². The van der Waals surface area contributed by atoms with Gasteiger partial charge in [-0.2, -0.15) is 25.3 Å². The molecular weight excluding hydrogens is 1140 g/mol. The number of amides is 7. The zero-order valence-electron chi connectivity index (χ0n) is 46.4. The molecule has 8 N–H and O–H groups in total. The molecule has 0 aliphatic heterocycles. The standard InChI is InChI=1S/C56H61N15O10S3/c1-57-43-25-47(64-52(62-43)39-20-18-37-41(39)23-31-12-8-16-35(31)50(37)66-55(74)68-82(76,77)45-26-44(71(3)4)59-27-60-45)84(80,81)70-56(75)67-49-34-15-7-11-30(34)22-40-36(49)17-19-38(40)51-61-42(53(72)58-2)24-46(63-51)83(78,79)69-54(73)65-48-32-13-5-9-28(32)21-29-10-6-14-33(29)48/h21-27,38-39H,5-20H2,1-4H3,(H,58,72)(H,57,62,64)(H2,65,69,73)(H2,66,68,74)(H2,67,70,75). The van der Waals surface area contributed by atoms with Crippen molar-refractivity contribution in [3.05, 3.63) is 127 Å². The van der Waals surface area contributed by atoms with Crippen molar-refractivity contribution >= 4 is 82.8 Å². The van der Waals surface area contributed by atoms with Crippen LogP contribution < -0.4 is 45.7 Å². The first-order valence-electron chi connectivity index (χ1n) is 27.9. The Morgan fingerprint density at radius 2 is 0.905 bits per heavy atom. The van der Waals surface area contributed by atoms with Crippen molar-refractivity contribution in [3.8, 4) is 0 Å². The first-order chi connectivity index (χ1) is 40.2. The van der Waals surface area contributed by atoms with Gasteiger partial charge in [0.25, 0.3) is 36.0 Å². The molecule has 3 heterocycles. The van der Waals surface area contributed by atoms with E-state index in [9.17, 15) is 44.4 Å². The topological polar surface area (TPSA) is 348 Å². The number of sulfonamides is 3. The number of nitrogens with one attached hydrogen (secondary N) is 8. The Bertz CT molecular complexity index is 4150. The van der Waals surface area contributed by atoms with Crippen LogP contribution >= 0.6 is 0 Å². The molecule has 0 fully saturated rings. The van der Waals surface area contributed by atoms with Gasteiger partial charge < -0.3 is 31.5 Å². The zero-order chi connectivity index (χ0) is 59.0. The molecular formula is C56H61N15O10S3. The molecule has 2 atom stereocenters.